The van der Waals surface area contributed by atoms with Crippen LogP contribution in [-0.4, -0.2) is 36.3 Å². The Kier molecular flexibility index (Phi) is 5.58. The molecule has 1 fully saturated rings. The van der Waals surface area contributed by atoms with E-state index >= 15 is 0 Å². The van der Waals surface area contributed by atoms with Crippen LogP contribution in [0.25, 0.3) is 0 Å². The largest absolute Gasteiger partial charge is 0.489 e. The van der Waals surface area contributed by atoms with Crippen molar-refractivity contribution in [2.24, 2.45) is 5.92 Å². The number of hydrogen-bond donors (Lipinski definition) is 0. The number of nitrogens with zero attached hydrogens (tertiary/aromatic N) is 1. The van der Waals surface area contributed by atoms with Crippen LogP contribution >= 0.6 is 0 Å². The number of carbonyl (C=O) groups excluding carboxylic acids is 1. The summed E-state index contributed by atoms with van der Waals surface area (Å²) >= 11 is 0. The molecule has 5 nitrogen and oxygen atoms in total. The molecule has 0 spiro atoms. The molecule has 1 amide bonds. The van der Waals surface area contributed by atoms with Crippen LogP contribution in [0.4, 0.5) is 9.18 Å². The first-order valence-electron chi connectivity index (χ1n) is 10.4. The molecule has 0 radical (unpaired) electrons. The van der Waals surface area contributed by atoms with Crippen molar-refractivity contribution in [2.75, 3.05) is 19.7 Å². The van der Waals surface area contributed by atoms with Crippen molar-refractivity contribution < 1.29 is 23.4 Å². The molecule has 2 heterocycles. The summed E-state index contributed by atoms with van der Waals surface area (Å²) in [6.07, 6.45) is 0.609. The molecule has 0 saturated carbocycles. The van der Waals surface area contributed by atoms with Crippen molar-refractivity contribution >= 4 is 6.09 Å². The van der Waals surface area contributed by atoms with Gasteiger partial charge in [0.25, 0.3) is 0 Å². The summed E-state index contributed by atoms with van der Waals surface area (Å²) in [7, 11) is 0. The van der Waals surface area contributed by atoms with Gasteiger partial charge in [0.1, 0.15) is 18.0 Å². The number of benzene rings is 2. The third kappa shape index (κ3) is 4.53. The van der Waals surface area contributed by atoms with E-state index in [1.807, 2.05) is 37.8 Å². The van der Waals surface area contributed by atoms with E-state index in [0.717, 1.165) is 23.3 Å². The quantitative estimate of drug-likeness (QED) is 0.699. The highest BCUT2D eigenvalue weighted by atomic mass is 19.1. The van der Waals surface area contributed by atoms with E-state index in [2.05, 4.69) is 6.07 Å². The molecule has 0 bridgehead atoms. The lowest BCUT2D eigenvalue weighted by Gasteiger charge is -2.25. The molecule has 0 N–H and O–H groups in total. The number of hydrogen-bond acceptors (Lipinski definition) is 4. The standard InChI is InChI=1S/C24H28FNO4/c1-24(2,3)30-23(27)26-13-17-11-12-28-22-19(20(17)14-26)5-4-6-21(22)29-15-16-7-9-18(25)10-8-16/h4-10,17,20H,11-15H2,1-3H3/t17-,20-/m0/s1. The highest BCUT2D eigenvalue weighted by Crippen LogP contribution is 2.45. The van der Waals surface area contributed by atoms with Crippen molar-refractivity contribution in [1.29, 1.82) is 0 Å². The summed E-state index contributed by atoms with van der Waals surface area (Å²) < 4.78 is 30.8. The number of likely N-dealkylation sites (tertiary alicyclic amines) is 1. The third-order valence-electron chi connectivity index (χ3n) is 5.54. The first kappa shape index (κ1) is 20.5. The van der Waals surface area contributed by atoms with Gasteiger partial charge in [0.15, 0.2) is 11.5 Å². The first-order chi connectivity index (χ1) is 14.3. The van der Waals surface area contributed by atoms with Crippen LogP contribution in [0.3, 0.4) is 0 Å². The van der Waals surface area contributed by atoms with Gasteiger partial charge in [-0.25, -0.2) is 9.18 Å². The molecule has 2 aromatic carbocycles. The van der Waals surface area contributed by atoms with Gasteiger partial charge in [0, 0.05) is 24.6 Å². The van der Waals surface area contributed by atoms with Crippen LogP contribution < -0.4 is 9.47 Å². The molecule has 160 valence electrons. The van der Waals surface area contributed by atoms with Crippen LogP contribution in [0.15, 0.2) is 42.5 Å². The first-order valence-corrected chi connectivity index (χ1v) is 10.4. The lowest BCUT2D eigenvalue weighted by Crippen LogP contribution is -2.35. The van der Waals surface area contributed by atoms with Crippen molar-refractivity contribution in [2.45, 2.75) is 45.3 Å². The number of amides is 1. The molecule has 0 aromatic heterocycles. The maximum atomic E-state index is 13.1. The van der Waals surface area contributed by atoms with Crippen LogP contribution in [0.5, 0.6) is 11.5 Å². The summed E-state index contributed by atoms with van der Waals surface area (Å²) in [5.41, 5.74) is 1.45. The molecular formula is C24H28FNO4. The Labute approximate surface area is 176 Å². The fourth-order valence-corrected chi connectivity index (χ4v) is 4.14. The molecule has 0 unspecified atom stereocenters. The Bertz CT molecular complexity index is 906. The molecular weight excluding hydrogens is 385 g/mol. The van der Waals surface area contributed by atoms with Gasteiger partial charge >= 0.3 is 6.09 Å². The lowest BCUT2D eigenvalue weighted by molar-refractivity contribution is 0.0284. The highest BCUT2D eigenvalue weighted by molar-refractivity contribution is 5.69. The van der Waals surface area contributed by atoms with E-state index in [1.165, 1.54) is 12.1 Å². The Morgan fingerprint density at radius 1 is 1.17 bits per heavy atom. The number of carbonyl (C=O) groups is 1. The fourth-order valence-electron chi connectivity index (χ4n) is 4.14. The van der Waals surface area contributed by atoms with Gasteiger partial charge in [0.2, 0.25) is 0 Å². The van der Waals surface area contributed by atoms with Crippen LogP contribution in [0.1, 0.15) is 44.2 Å². The summed E-state index contributed by atoms with van der Waals surface area (Å²) in [6.45, 7) is 7.83. The van der Waals surface area contributed by atoms with Gasteiger partial charge in [0.05, 0.1) is 6.61 Å². The fraction of sp³-hybridized carbons (Fsp3) is 0.458. The van der Waals surface area contributed by atoms with Crippen LogP contribution in [0, 0.1) is 11.7 Å². The molecule has 2 aliphatic rings. The molecule has 0 aliphatic carbocycles. The number of fused-ring (bicyclic) bond motifs is 3. The molecule has 2 aliphatic heterocycles. The highest BCUT2D eigenvalue weighted by Gasteiger charge is 2.40. The van der Waals surface area contributed by atoms with E-state index < -0.39 is 5.60 Å². The predicted octanol–water partition coefficient (Wildman–Crippen LogP) is 5.14. The molecule has 30 heavy (non-hydrogen) atoms. The summed E-state index contributed by atoms with van der Waals surface area (Å²) in [6, 6.07) is 12.2. The van der Waals surface area contributed by atoms with Crippen molar-refractivity contribution in [3.05, 3.63) is 59.4 Å². The summed E-state index contributed by atoms with van der Waals surface area (Å²) in [5.74, 6) is 1.67. The monoisotopic (exact) mass is 413 g/mol. The number of ether oxygens (including phenoxy) is 3. The minimum Gasteiger partial charge on any atom is -0.489 e. The normalized spacial score (nSPS) is 20.6. The number of para-hydroxylation sites is 1. The maximum absolute atomic E-state index is 13.1. The van der Waals surface area contributed by atoms with Gasteiger partial charge in [-0.3, -0.25) is 0 Å². The summed E-state index contributed by atoms with van der Waals surface area (Å²) in [5, 5.41) is 0. The number of halogens is 1. The van der Waals surface area contributed by atoms with E-state index in [-0.39, 0.29) is 17.8 Å². The van der Waals surface area contributed by atoms with E-state index in [1.54, 1.807) is 12.1 Å². The number of rotatable bonds is 3. The second-order valence-electron chi connectivity index (χ2n) is 8.98. The Morgan fingerprint density at radius 2 is 1.93 bits per heavy atom. The average Bonchev–Trinajstić information content (AvgIpc) is 3.03. The zero-order chi connectivity index (χ0) is 21.3. The van der Waals surface area contributed by atoms with E-state index in [9.17, 15) is 9.18 Å². The lowest BCUT2D eigenvalue weighted by atomic mass is 9.87. The molecule has 4 rings (SSSR count). The zero-order valence-electron chi connectivity index (χ0n) is 17.7. The smallest absolute Gasteiger partial charge is 0.410 e. The third-order valence-corrected chi connectivity index (χ3v) is 5.54. The second kappa shape index (κ2) is 8.17. The molecule has 2 aromatic rings. The van der Waals surface area contributed by atoms with Gasteiger partial charge < -0.3 is 19.1 Å². The van der Waals surface area contributed by atoms with E-state index in [4.69, 9.17) is 14.2 Å². The molecule has 6 heteroatoms. The minimum absolute atomic E-state index is 0.185. The van der Waals surface area contributed by atoms with Crippen LogP contribution in [0.2, 0.25) is 0 Å². The van der Waals surface area contributed by atoms with Gasteiger partial charge in [-0.1, -0.05) is 24.3 Å². The van der Waals surface area contributed by atoms with Crippen molar-refractivity contribution in [3.63, 3.8) is 0 Å². The van der Waals surface area contributed by atoms with Crippen molar-refractivity contribution in [3.8, 4) is 11.5 Å². The van der Waals surface area contributed by atoms with Gasteiger partial charge in [-0.2, -0.15) is 0 Å². The topological polar surface area (TPSA) is 48.0 Å². The molecule has 1 saturated heterocycles. The van der Waals surface area contributed by atoms with E-state index in [0.29, 0.717) is 38.0 Å². The Hall–Kier alpha value is -2.76. The van der Waals surface area contributed by atoms with Crippen LogP contribution in [-0.2, 0) is 11.3 Å². The SMILES string of the molecule is CC(C)(C)OC(=O)N1C[C@@H]2CCOc3c(OCc4ccc(F)cc4)cccc3[C@H]2C1. The predicted molar refractivity (Wildman–Crippen MR) is 111 cm³/mol. The Morgan fingerprint density at radius 3 is 2.67 bits per heavy atom. The zero-order valence-corrected chi connectivity index (χ0v) is 17.7. The summed E-state index contributed by atoms with van der Waals surface area (Å²) in [4.78, 5) is 14.4. The second-order valence-corrected chi connectivity index (χ2v) is 8.98. The molecule has 2 atom stereocenters. The average molecular weight is 413 g/mol. The van der Waals surface area contributed by atoms with Crippen molar-refractivity contribution in [1.82, 2.24) is 4.90 Å². The Balaban J connectivity index is 1.52. The van der Waals surface area contributed by atoms with Gasteiger partial charge in [-0.15, -0.1) is 0 Å². The van der Waals surface area contributed by atoms with Gasteiger partial charge in [-0.05, 0) is 56.9 Å². The maximum Gasteiger partial charge on any atom is 0.410 e. The minimum atomic E-state index is -0.510.